The molecule has 1 fully saturated rings. The maximum Gasteiger partial charge on any atom is 0.263 e. The molecule has 1 N–H and O–H groups in total. The summed E-state index contributed by atoms with van der Waals surface area (Å²) in [6.45, 7) is 7.29. The van der Waals surface area contributed by atoms with Crippen molar-refractivity contribution in [1.29, 1.82) is 0 Å². The third kappa shape index (κ3) is 8.16. The largest absolute Gasteiger partial charge is 0.493 e. The van der Waals surface area contributed by atoms with Crippen molar-refractivity contribution in [3.8, 4) is 11.5 Å². The highest BCUT2D eigenvalue weighted by atomic mass is 35.5. The number of ether oxygens (including phenoxy) is 3. The van der Waals surface area contributed by atoms with Crippen LogP contribution in [0.3, 0.4) is 0 Å². The Morgan fingerprint density at radius 2 is 1.78 bits per heavy atom. The van der Waals surface area contributed by atoms with Crippen LogP contribution in [-0.4, -0.2) is 82.7 Å². The minimum absolute atomic E-state index is 0.0188. The highest BCUT2D eigenvalue weighted by Gasteiger charge is 2.41. The van der Waals surface area contributed by atoms with Gasteiger partial charge >= 0.3 is 0 Å². The molecule has 0 aliphatic carbocycles. The molecular weight excluding hydrogens is 622 g/mol. The molecule has 0 aromatic heterocycles. The average molecular weight is 664 g/mol. The molecule has 2 aromatic rings. The predicted molar refractivity (Wildman–Crippen MR) is 172 cm³/mol. The van der Waals surface area contributed by atoms with Gasteiger partial charge in [0.1, 0.15) is 12.2 Å². The number of piperidine rings is 1. The van der Waals surface area contributed by atoms with Gasteiger partial charge in [-0.25, -0.2) is 8.51 Å². The molecular formula is C32H42ClN3O8S. The standard InChI is InChI=1S/C32H42ClN3O8S/c1-32(2,3)19-36-24-11-10-21(33)17-23(24)29(22-8-7-9-25(42-5)30(22)43-6)44-26(31(36)39)18-28(38)35-14-12-20(13-15-35)16-27(37)34(4)45(40)41/h7-11,17,20,26,29H,12-16,18-19H2,1-6H3,(H,40,41)/t26-,29-/m1/s1. The zero-order chi connectivity index (χ0) is 33.1. The number of carbonyl (C=O) groups excluding carboxylic acids is 3. The summed E-state index contributed by atoms with van der Waals surface area (Å²) in [6, 6.07) is 10.8. The number of para-hydroxylation sites is 1. The van der Waals surface area contributed by atoms with Gasteiger partial charge in [0.05, 0.1) is 20.6 Å². The predicted octanol–water partition coefficient (Wildman–Crippen LogP) is 4.84. The monoisotopic (exact) mass is 663 g/mol. The third-order valence-corrected chi connectivity index (χ3v) is 9.04. The topological polar surface area (TPSA) is 126 Å². The summed E-state index contributed by atoms with van der Waals surface area (Å²) < 4.78 is 39.2. The summed E-state index contributed by atoms with van der Waals surface area (Å²) >= 11 is 4.14. The number of amides is 3. The van der Waals surface area contributed by atoms with E-state index in [-0.39, 0.29) is 36.0 Å². The molecule has 0 spiro atoms. The van der Waals surface area contributed by atoms with Gasteiger partial charge in [0.2, 0.25) is 11.8 Å². The Bertz CT molecular complexity index is 1440. The minimum atomic E-state index is -2.37. The normalized spacial score (nSPS) is 19.9. The van der Waals surface area contributed by atoms with E-state index in [4.69, 9.17) is 25.8 Å². The molecule has 11 nitrogen and oxygen atoms in total. The Morgan fingerprint density at radius 3 is 2.38 bits per heavy atom. The summed E-state index contributed by atoms with van der Waals surface area (Å²) in [7, 11) is 4.36. The first-order valence-electron chi connectivity index (χ1n) is 14.9. The Kier molecular flexibility index (Phi) is 11.2. The minimum Gasteiger partial charge on any atom is -0.493 e. The molecule has 0 radical (unpaired) electrons. The van der Waals surface area contributed by atoms with Crippen LogP contribution in [0.4, 0.5) is 5.69 Å². The molecule has 2 aromatic carbocycles. The number of halogens is 1. The van der Waals surface area contributed by atoms with Crippen LogP contribution in [0.25, 0.3) is 0 Å². The zero-order valence-corrected chi connectivity index (χ0v) is 28.2. The van der Waals surface area contributed by atoms with Crippen LogP contribution in [0.15, 0.2) is 36.4 Å². The Hall–Kier alpha value is -3.19. The van der Waals surface area contributed by atoms with Crippen LogP contribution in [0, 0.1) is 11.3 Å². The quantitative estimate of drug-likeness (QED) is 0.378. The van der Waals surface area contributed by atoms with E-state index in [1.165, 1.54) is 14.2 Å². The van der Waals surface area contributed by atoms with Gasteiger partial charge in [-0.15, -0.1) is 0 Å². The molecule has 4 rings (SSSR count). The molecule has 45 heavy (non-hydrogen) atoms. The lowest BCUT2D eigenvalue weighted by Gasteiger charge is -2.34. The molecule has 0 bridgehead atoms. The lowest BCUT2D eigenvalue weighted by molar-refractivity contribution is -0.144. The lowest BCUT2D eigenvalue weighted by atomic mass is 9.93. The number of hydrogen-bond acceptors (Lipinski definition) is 7. The molecule has 13 heteroatoms. The fraction of sp³-hybridized carbons (Fsp3) is 0.531. The van der Waals surface area contributed by atoms with Crippen LogP contribution in [0.2, 0.25) is 5.02 Å². The van der Waals surface area contributed by atoms with E-state index in [9.17, 15) is 23.1 Å². The van der Waals surface area contributed by atoms with E-state index >= 15 is 0 Å². The number of methoxy groups -OCH3 is 2. The highest BCUT2D eigenvalue weighted by molar-refractivity contribution is 7.77. The van der Waals surface area contributed by atoms with Gasteiger partial charge in [0.25, 0.3) is 17.2 Å². The van der Waals surface area contributed by atoms with Gasteiger partial charge in [-0.1, -0.05) is 44.5 Å². The van der Waals surface area contributed by atoms with E-state index in [0.717, 1.165) is 4.31 Å². The van der Waals surface area contributed by atoms with E-state index < -0.39 is 29.4 Å². The number of hydrogen-bond donors (Lipinski definition) is 1. The number of rotatable bonds is 9. The van der Waals surface area contributed by atoms with E-state index in [2.05, 4.69) is 0 Å². The van der Waals surface area contributed by atoms with Crippen molar-refractivity contribution in [2.75, 3.05) is 45.8 Å². The van der Waals surface area contributed by atoms with Crippen molar-refractivity contribution >= 4 is 46.3 Å². The summed E-state index contributed by atoms with van der Waals surface area (Å²) in [5.41, 5.74) is 1.66. The Balaban J connectivity index is 1.64. The Morgan fingerprint density at radius 1 is 1.09 bits per heavy atom. The fourth-order valence-corrected chi connectivity index (χ4v) is 6.27. The van der Waals surface area contributed by atoms with Crippen LogP contribution in [0.1, 0.15) is 63.7 Å². The van der Waals surface area contributed by atoms with Crippen molar-refractivity contribution in [2.45, 2.75) is 58.7 Å². The summed E-state index contributed by atoms with van der Waals surface area (Å²) in [5, 5.41) is 0.472. The highest BCUT2D eigenvalue weighted by Crippen LogP contribution is 2.45. The second kappa shape index (κ2) is 14.5. The number of anilines is 1. The van der Waals surface area contributed by atoms with Crippen molar-refractivity contribution in [3.63, 3.8) is 0 Å². The van der Waals surface area contributed by atoms with E-state index in [1.807, 2.05) is 39.0 Å². The maximum atomic E-state index is 14.3. The number of carbonyl (C=O) groups is 3. The number of likely N-dealkylation sites (tertiary alicyclic amines) is 1. The van der Waals surface area contributed by atoms with Gasteiger partial charge in [0, 0.05) is 54.9 Å². The van der Waals surface area contributed by atoms with Gasteiger partial charge in [0.15, 0.2) is 11.5 Å². The van der Waals surface area contributed by atoms with Crippen molar-refractivity contribution < 1.29 is 37.4 Å². The molecule has 3 amide bonds. The summed E-state index contributed by atoms with van der Waals surface area (Å²) in [5.74, 6) is -0.0559. The molecule has 3 atom stereocenters. The van der Waals surface area contributed by atoms with Crippen molar-refractivity contribution in [3.05, 3.63) is 52.5 Å². The van der Waals surface area contributed by atoms with E-state index in [1.54, 1.807) is 35.1 Å². The first-order valence-corrected chi connectivity index (χ1v) is 16.3. The average Bonchev–Trinajstić information content (AvgIpc) is 3.09. The Labute approximate surface area is 272 Å². The second-order valence-electron chi connectivity index (χ2n) is 12.6. The van der Waals surface area contributed by atoms with Crippen molar-refractivity contribution in [1.82, 2.24) is 9.21 Å². The van der Waals surface area contributed by atoms with Crippen LogP contribution in [-0.2, 0) is 30.4 Å². The van der Waals surface area contributed by atoms with Gasteiger partial charge in [-0.2, -0.15) is 0 Å². The molecule has 0 saturated carbocycles. The lowest BCUT2D eigenvalue weighted by Crippen LogP contribution is -2.47. The van der Waals surface area contributed by atoms with Gasteiger partial charge < -0.3 is 24.0 Å². The van der Waals surface area contributed by atoms with Gasteiger partial charge in [-0.05, 0) is 48.4 Å². The first kappa shape index (κ1) is 34.7. The summed E-state index contributed by atoms with van der Waals surface area (Å²) in [4.78, 5) is 43.7. The van der Waals surface area contributed by atoms with Crippen LogP contribution >= 0.6 is 11.6 Å². The fourth-order valence-electron chi connectivity index (χ4n) is 5.84. The molecule has 1 unspecified atom stereocenters. The molecule has 2 aliphatic rings. The number of nitrogens with zero attached hydrogens (tertiary/aromatic N) is 3. The third-order valence-electron chi connectivity index (χ3n) is 8.13. The molecule has 2 heterocycles. The van der Waals surface area contributed by atoms with Gasteiger partial charge in [-0.3, -0.25) is 18.9 Å². The van der Waals surface area contributed by atoms with Crippen LogP contribution < -0.4 is 14.4 Å². The zero-order valence-electron chi connectivity index (χ0n) is 26.6. The number of benzene rings is 2. The number of fused-ring (bicyclic) bond motifs is 1. The second-order valence-corrected chi connectivity index (χ2v) is 14.1. The summed E-state index contributed by atoms with van der Waals surface area (Å²) in [6.07, 6.45) is -0.846. The molecule has 1 saturated heterocycles. The first-order chi connectivity index (χ1) is 21.2. The SMILES string of the molecule is COc1cccc([C@H]2O[C@H](CC(=O)N3CCC(CC(=O)N(C)S(=O)O)CC3)C(=O)N(CC(C)(C)C)c3ccc(Cl)cc32)c1OC. The van der Waals surface area contributed by atoms with Crippen LogP contribution in [0.5, 0.6) is 11.5 Å². The molecule has 246 valence electrons. The maximum absolute atomic E-state index is 14.3. The van der Waals surface area contributed by atoms with E-state index in [0.29, 0.717) is 65.8 Å². The smallest absolute Gasteiger partial charge is 0.263 e. The van der Waals surface area contributed by atoms with Crippen molar-refractivity contribution in [2.24, 2.45) is 11.3 Å². The molecule has 2 aliphatic heterocycles.